The van der Waals surface area contributed by atoms with Gasteiger partial charge in [-0.25, -0.2) is 39.5 Å². The monoisotopic (exact) mass is 2300 g/mol. The van der Waals surface area contributed by atoms with Crippen molar-refractivity contribution in [2.24, 2.45) is 5.92 Å². The van der Waals surface area contributed by atoms with Gasteiger partial charge in [0.2, 0.25) is 11.1 Å². The van der Waals surface area contributed by atoms with Crippen LogP contribution in [0, 0.1) is 5.92 Å². The van der Waals surface area contributed by atoms with Crippen molar-refractivity contribution in [1.82, 2.24) is 61.6 Å². The Morgan fingerprint density at radius 1 is 0.514 bits per heavy atom. The van der Waals surface area contributed by atoms with E-state index < -0.39 is 13.4 Å². The van der Waals surface area contributed by atoms with Crippen LogP contribution in [-0.4, -0.2) is 192 Å². The summed E-state index contributed by atoms with van der Waals surface area (Å²) in [6.07, 6.45) is 20.2. The highest BCUT2D eigenvalue weighted by atomic mass is 79.9. The number of H-pyrrole nitrogens is 3. The number of nitrogen functional groups attached to an aromatic ring is 1. The zero-order chi connectivity index (χ0) is 104. The van der Waals surface area contributed by atoms with Crippen LogP contribution in [-0.2, 0) is 4.79 Å². The lowest BCUT2D eigenvalue weighted by atomic mass is 9.88. The molecule has 8 aromatic carbocycles. The Hall–Kier alpha value is -10.3. The maximum atomic E-state index is 12.3. The quantitative estimate of drug-likeness (QED) is 0.0123. The Bertz CT molecular complexity index is 6500. The third kappa shape index (κ3) is 34.4. The van der Waals surface area contributed by atoms with Crippen molar-refractivity contribution in [3.8, 4) is 11.5 Å². The fourth-order valence-corrected chi connectivity index (χ4v) is 18.4. The standard InChI is InChI=1S/C27H34N4O.C15H19N3O.C14H17N3O2.C12H17NO.C11H9BrN2O.C11H8BrNO2.C7H6BrNO2.C6H15ClSi.C4H5ClO.C3H9NO.CH4.ClH.H3N.H2O/c1-4-16-30(2)23-10-7-9-22-25(23)27(29-26(28-22)20-12-13-20)31-17-14-19(15-18-31)21-8-5-6-11-24(21)32-3;1-3-9-18(2)12-6-4-5-11-13(12)15(19)17-14(16-11)10-7-8-10;1-17(7-8-18)11-4-2-3-10-12(11)14(19)16-13(15-10)9-5-6-9;1-14-12-5-3-2-4-11(12)10-6-8-13-9-7-10;12-7-2-1-3-8-9(7)11(15)14-10(13-8)6-4-5-6;12-7-2-1-3-8-9(7)11(14)15-10(13-8)6-4-5-6;8-4-2-1-3-5(9)6(4)7(10)11;1-6(2,3)8(4,5)7;5-4(6)3-1-2-3;1-4-2-3-5;;;;/h5-11,19-20H,4,12-18H2,1-3H3;4-6,10H,3,7-9H2,1-2H3,(H,16,17,19);2-4,9,18H,5-8H2,1H3,(H,15,16,19);2-5,10,13H,6-9H2,1H3;1-3,6H,4-5H2,(H,13,14,15);1-3,6H,4-5H2;1-3H,9H2,(H,10,11);1-5H3;3H,1-2H2;4-5H,2-3H2,1H3;1H4;1H;1H3;1H2. The molecule has 8 aliphatic rings. The van der Waals surface area contributed by atoms with Crippen LogP contribution in [0.2, 0.25) is 18.1 Å². The number of nitrogens with zero attached hydrogens (tertiary/aromatic N) is 10. The molecule has 30 nitrogen and oxygen atoms in total. The number of carboxylic acid groups (broad SMARTS) is 1. The van der Waals surface area contributed by atoms with Crippen molar-refractivity contribution in [1.29, 1.82) is 0 Å². The minimum atomic E-state index is -1.39. The lowest BCUT2D eigenvalue weighted by Gasteiger charge is -2.35. The molecule has 802 valence electrons. The highest BCUT2D eigenvalue weighted by molar-refractivity contribution is 9.11. The number of para-hydroxylation sites is 2. The number of nitrogens with two attached hydrogens (primary N) is 1. The van der Waals surface area contributed by atoms with Crippen molar-refractivity contribution in [2.45, 2.75) is 217 Å². The molecular formula is C111H149Br3Cl3N17O13Si. The van der Waals surface area contributed by atoms with E-state index in [0.29, 0.717) is 97.0 Å². The number of rotatable bonds is 23. The number of carbonyl (C=O) groups excluding carboxylic acids is 1. The molecule has 0 atom stereocenters. The zero-order valence-corrected chi connectivity index (χ0v) is 94.6. The van der Waals surface area contributed by atoms with Gasteiger partial charge in [-0.1, -0.05) is 128 Å². The first-order valence-electron chi connectivity index (χ1n) is 50.1. The highest BCUT2D eigenvalue weighted by Gasteiger charge is 2.36. The molecule has 0 unspecified atom stereocenters. The molecule has 37 heteroatoms. The Morgan fingerprint density at radius 2 is 0.899 bits per heavy atom. The van der Waals surface area contributed by atoms with E-state index in [1.807, 2.05) is 97.9 Å². The molecule has 7 heterocycles. The molecule has 6 aliphatic carbocycles. The molecule has 0 spiro atoms. The van der Waals surface area contributed by atoms with Crippen molar-refractivity contribution >= 4 is 185 Å². The summed E-state index contributed by atoms with van der Waals surface area (Å²) in [4.78, 5) is 114. The summed E-state index contributed by atoms with van der Waals surface area (Å²) >= 11 is 21.0. The molecule has 2 aliphatic heterocycles. The molecule has 13 aromatic rings. The molecule has 5 aromatic heterocycles. The first-order chi connectivity index (χ1) is 69.1. The van der Waals surface area contributed by atoms with Gasteiger partial charge in [-0.3, -0.25) is 19.2 Å². The second kappa shape index (κ2) is 58.3. The summed E-state index contributed by atoms with van der Waals surface area (Å²) in [5.41, 5.74) is 15.2. The van der Waals surface area contributed by atoms with Crippen LogP contribution in [0.4, 0.5) is 28.6 Å². The summed E-state index contributed by atoms with van der Waals surface area (Å²) in [5.74, 6) is 9.99. The fourth-order valence-electron chi connectivity index (χ4n) is 16.6. The van der Waals surface area contributed by atoms with Crippen LogP contribution in [0.5, 0.6) is 11.5 Å². The maximum absolute atomic E-state index is 12.3. The number of piperidine rings is 2. The number of carbonyl (C=O) groups is 2. The summed E-state index contributed by atoms with van der Waals surface area (Å²) < 4.78 is 18.3. The molecule has 21 rings (SSSR count). The molecular weight excluding hydrogens is 2150 g/mol. The number of anilines is 5. The predicted molar refractivity (Wildman–Crippen MR) is 620 cm³/mol. The Kier molecular flexibility index (Phi) is 48.4. The molecule has 0 amide bonds. The van der Waals surface area contributed by atoms with Gasteiger partial charge in [0.15, 0.2) is 7.38 Å². The second-order valence-electron chi connectivity index (χ2n) is 39.1. The number of benzene rings is 8. The number of aliphatic hydroxyl groups is 2. The molecule has 0 radical (unpaired) electrons. The van der Waals surface area contributed by atoms with Crippen molar-refractivity contribution in [3.05, 3.63) is 259 Å². The Morgan fingerprint density at radius 3 is 1.27 bits per heavy atom. The number of fused-ring (bicyclic) bond motifs is 5. The first kappa shape index (κ1) is 123. The number of halogens is 6. The first-order valence-corrected chi connectivity index (χ1v) is 56.9. The Balaban J connectivity index is 0.000000207. The van der Waals surface area contributed by atoms with Gasteiger partial charge in [0.1, 0.15) is 46.0 Å². The van der Waals surface area contributed by atoms with Crippen molar-refractivity contribution in [2.75, 3.05) is 133 Å². The number of aromatic carboxylic acids is 1. The van der Waals surface area contributed by atoms with Gasteiger partial charge < -0.3 is 91.8 Å². The number of aromatic nitrogens is 9. The number of hydrogen-bond acceptors (Lipinski definition) is 25. The predicted octanol–water partition coefficient (Wildman–Crippen LogP) is 22.9. The topological polar surface area (TPSA) is 449 Å². The number of ether oxygens (including phenoxy) is 2. The second-order valence-corrected chi connectivity index (χ2v) is 49.4. The third-order valence-corrected chi connectivity index (χ3v) is 34.2. The van der Waals surface area contributed by atoms with Crippen LogP contribution in [0.15, 0.2) is 195 Å². The molecule has 15 N–H and O–H groups in total. The summed E-state index contributed by atoms with van der Waals surface area (Å²) in [6.45, 7) is 23.0. The summed E-state index contributed by atoms with van der Waals surface area (Å²) in [5, 5.41) is 35.7. The number of aromatic amines is 3. The van der Waals surface area contributed by atoms with Crippen LogP contribution >= 0.6 is 82.9 Å². The number of hydrogen-bond donors (Lipinski definition) is 10. The van der Waals surface area contributed by atoms with Gasteiger partial charge in [-0.05, 0) is 308 Å². The van der Waals surface area contributed by atoms with Gasteiger partial charge >= 0.3 is 11.6 Å². The molecule has 6 saturated carbocycles. The van der Waals surface area contributed by atoms with E-state index in [0.717, 1.165) is 212 Å². The van der Waals surface area contributed by atoms with Gasteiger partial charge in [0.25, 0.3) is 16.7 Å². The maximum Gasteiger partial charge on any atom is 0.347 e. The van der Waals surface area contributed by atoms with Crippen LogP contribution in [0.3, 0.4) is 0 Å². The van der Waals surface area contributed by atoms with Crippen molar-refractivity contribution < 1.29 is 44.3 Å². The van der Waals surface area contributed by atoms with Crippen LogP contribution in [0.1, 0.15) is 250 Å². The minimum absolute atomic E-state index is 0. The fraction of sp³-hybridized carbons (Fsp3) is 0.459. The molecule has 148 heavy (non-hydrogen) atoms. The Labute approximate surface area is 909 Å². The molecule has 2 saturated heterocycles. The van der Waals surface area contributed by atoms with E-state index in [1.165, 1.54) is 47.9 Å². The summed E-state index contributed by atoms with van der Waals surface area (Å²) in [7, 11) is 10.0. The number of methoxy groups -OCH3 is 2. The molecule has 8 fully saturated rings. The number of aliphatic hydroxyl groups excluding tert-OH is 2. The van der Waals surface area contributed by atoms with E-state index >= 15 is 0 Å². The van der Waals surface area contributed by atoms with Gasteiger partial charge in [-0.2, -0.15) is 11.1 Å². The zero-order valence-electron chi connectivity index (χ0n) is 86.5. The van der Waals surface area contributed by atoms with Crippen molar-refractivity contribution in [3.63, 3.8) is 0 Å². The number of carboxylic acids is 1. The SMILES string of the molecule is C.CC(C)(C)[Si](C)(C)Cl.CCCN(C)c1cccc2nc(C3CC3)[nH]c(=O)c12.CCCN(C)c1cccc2nc(C3CC3)nc(N3CCC(c4ccccc4OC)CC3)c12.CN(CCO)c1cccc2nc(C3CC3)[nH]c(=O)c12.CNCCO.COc1ccccc1C1CCNCC1.Cl.N.Nc1cccc(Br)c1C(=O)O.O.O=C(Cl)C1CC1.O=c1[nH]c(C2CC2)nc2cccc(Br)c12.O=c1oc(C2CC2)nc2cccc(Br)c12. The van der Waals surface area contributed by atoms with Crippen LogP contribution in [0.25, 0.3) is 54.5 Å². The smallest absolute Gasteiger partial charge is 0.347 e. The summed E-state index contributed by atoms with van der Waals surface area (Å²) in [6, 6.07) is 51.0. The molecule has 0 bridgehead atoms. The van der Waals surface area contributed by atoms with Gasteiger partial charge in [-0.15, -0.1) is 12.4 Å². The minimum Gasteiger partial charge on any atom is -0.496 e. The van der Waals surface area contributed by atoms with Crippen LogP contribution < -0.4 is 73.9 Å². The van der Waals surface area contributed by atoms with E-state index in [-0.39, 0.29) is 89.4 Å². The number of likely N-dealkylation sites (N-methyl/N-ethyl adjacent to an activating group) is 2. The highest BCUT2D eigenvalue weighted by Crippen LogP contribution is 2.47. The third-order valence-electron chi connectivity index (χ3n) is 26.6. The normalized spacial score (nSPS) is 15.0. The van der Waals surface area contributed by atoms with E-state index in [9.17, 15) is 28.8 Å². The lowest BCUT2D eigenvalue weighted by molar-refractivity contribution is -0.112. The largest absolute Gasteiger partial charge is 0.496 e. The van der Waals surface area contributed by atoms with Gasteiger partial charge in [0.05, 0.1) is 93.5 Å². The number of nitrogens with one attached hydrogen (secondary N) is 5. The lowest BCUT2D eigenvalue weighted by Crippen LogP contribution is -2.34. The average Bonchev–Trinajstić information content (AvgIpc) is 1.53. The van der Waals surface area contributed by atoms with E-state index in [4.69, 9.17) is 67.6 Å². The van der Waals surface area contributed by atoms with E-state index in [1.54, 1.807) is 39.5 Å². The van der Waals surface area contributed by atoms with E-state index in [2.05, 4.69) is 223 Å². The van der Waals surface area contributed by atoms with Gasteiger partial charge in [0, 0.05) is 121 Å². The average molecular weight is 2300 g/mol.